The van der Waals surface area contributed by atoms with Gasteiger partial charge in [0.15, 0.2) is 0 Å². The van der Waals surface area contributed by atoms with Crippen molar-refractivity contribution in [3.8, 4) is 0 Å². The van der Waals surface area contributed by atoms with Crippen molar-refractivity contribution in [2.75, 3.05) is 7.05 Å². The molecule has 0 bridgehead atoms. The first-order valence-electron chi connectivity index (χ1n) is 8.04. The third kappa shape index (κ3) is 4.45. The van der Waals surface area contributed by atoms with Crippen molar-refractivity contribution in [2.24, 2.45) is 5.92 Å². The lowest BCUT2D eigenvalue weighted by Crippen LogP contribution is -2.50. The Bertz CT molecular complexity index is 695. The molecule has 0 fully saturated rings. The van der Waals surface area contributed by atoms with Crippen LogP contribution in [0.3, 0.4) is 0 Å². The lowest BCUT2D eigenvalue weighted by atomic mass is 10.0. The van der Waals surface area contributed by atoms with Crippen LogP contribution in [0, 0.1) is 12.8 Å². The number of aryl methyl sites for hydroxylation is 1. The van der Waals surface area contributed by atoms with Gasteiger partial charge in [-0.05, 0) is 35.9 Å². The highest BCUT2D eigenvalue weighted by atomic mass is 32.1. The Kier molecular flexibility index (Phi) is 6.15. The molecule has 1 heterocycles. The van der Waals surface area contributed by atoms with Crippen LogP contribution in [0.15, 0.2) is 41.8 Å². The van der Waals surface area contributed by atoms with Gasteiger partial charge in [0.1, 0.15) is 6.04 Å². The molecule has 24 heavy (non-hydrogen) atoms. The maximum Gasteiger partial charge on any atom is 0.252 e. The van der Waals surface area contributed by atoms with Crippen molar-refractivity contribution in [3.63, 3.8) is 0 Å². The number of thiophene rings is 1. The Morgan fingerprint density at radius 3 is 2.46 bits per heavy atom. The molecule has 2 amide bonds. The zero-order chi connectivity index (χ0) is 17.7. The molecule has 1 unspecified atom stereocenters. The Hall–Kier alpha value is -2.14. The second kappa shape index (κ2) is 8.11. The van der Waals surface area contributed by atoms with E-state index in [-0.39, 0.29) is 17.7 Å². The standard InChI is InChI=1S/C19H24N2O2S/c1-13(2)17(19(23)21(4)12-15-9-7-11-24-15)20-18(22)16-10-6-5-8-14(16)3/h5-11,13,17H,12H2,1-4H3,(H,20,22). The van der Waals surface area contributed by atoms with Gasteiger partial charge in [-0.2, -0.15) is 0 Å². The van der Waals surface area contributed by atoms with Crippen LogP contribution in [0.25, 0.3) is 0 Å². The maximum absolute atomic E-state index is 12.8. The molecule has 0 aliphatic carbocycles. The summed E-state index contributed by atoms with van der Waals surface area (Å²) in [5, 5.41) is 4.90. The molecule has 1 N–H and O–H groups in total. The summed E-state index contributed by atoms with van der Waals surface area (Å²) in [5.41, 5.74) is 1.51. The number of amides is 2. The fraction of sp³-hybridized carbons (Fsp3) is 0.368. The first-order valence-corrected chi connectivity index (χ1v) is 8.92. The Balaban J connectivity index is 2.09. The minimum absolute atomic E-state index is 0.0104. The van der Waals surface area contributed by atoms with Crippen LogP contribution in [-0.4, -0.2) is 29.8 Å². The van der Waals surface area contributed by atoms with E-state index in [4.69, 9.17) is 0 Å². The van der Waals surface area contributed by atoms with E-state index in [1.807, 2.05) is 56.5 Å². The monoisotopic (exact) mass is 344 g/mol. The number of nitrogens with one attached hydrogen (secondary N) is 1. The number of rotatable bonds is 6. The van der Waals surface area contributed by atoms with Crippen molar-refractivity contribution < 1.29 is 9.59 Å². The van der Waals surface area contributed by atoms with Crippen LogP contribution in [0.2, 0.25) is 0 Å². The second-order valence-corrected chi connectivity index (χ2v) is 7.32. The van der Waals surface area contributed by atoms with Crippen molar-refractivity contribution >= 4 is 23.2 Å². The highest BCUT2D eigenvalue weighted by Gasteiger charge is 2.27. The highest BCUT2D eigenvalue weighted by Crippen LogP contribution is 2.14. The van der Waals surface area contributed by atoms with E-state index >= 15 is 0 Å². The first-order chi connectivity index (χ1) is 11.4. The smallest absolute Gasteiger partial charge is 0.252 e. The normalized spacial score (nSPS) is 12.0. The van der Waals surface area contributed by atoms with Crippen LogP contribution in [0.5, 0.6) is 0 Å². The van der Waals surface area contributed by atoms with E-state index in [2.05, 4.69) is 5.32 Å². The molecule has 1 aromatic heterocycles. The quantitative estimate of drug-likeness (QED) is 0.872. The first kappa shape index (κ1) is 18.2. The third-order valence-electron chi connectivity index (χ3n) is 3.96. The number of likely N-dealkylation sites (N-methyl/N-ethyl adjacent to an activating group) is 1. The number of hydrogen-bond donors (Lipinski definition) is 1. The minimum Gasteiger partial charge on any atom is -0.340 e. The van der Waals surface area contributed by atoms with E-state index in [0.717, 1.165) is 10.4 Å². The second-order valence-electron chi connectivity index (χ2n) is 6.28. The van der Waals surface area contributed by atoms with E-state index in [1.165, 1.54) is 0 Å². The van der Waals surface area contributed by atoms with Gasteiger partial charge < -0.3 is 10.2 Å². The molecule has 0 spiro atoms. The molecule has 0 aliphatic rings. The molecular weight excluding hydrogens is 320 g/mol. The molecule has 0 saturated carbocycles. The van der Waals surface area contributed by atoms with Crippen LogP contribution in [0.1, 0.15) is 34.6 Å². The van der Waals surface area contributed by atoms with Gasteiger partial charge in [0, 0.05) is 17.5 Å². The molecule has 2 aromatic rings. The van der Waals surface area contributed by atoms with Gasteiger partial charge in [0.25, 0.3) is 5.91 Å². The van der Waals surface area contributed by atoms with E-state index in [1.54, 1.807) is 29.4 Å². The van der Waals surface area contributed by atoms with Gasteiger partial charge >= 0.3 is 0 Å². The lowest BCUT2D eigenvalue weighted by Gasteiger charge is -2.27. The van der Waals surface area contributed by atoms with Gasteiger partial charge in [-0.15, -0.1) is 11.3 Å². The van der Waals surface area contributed by atoms with Gasteiger partial charge in [0.05, 0.1) is 6.54 Å². The SMILES string of the molecule is Cc1ccccc1C(=O)NC(C(=O)N(C)Cc1cccs1)C(C)C. The zero-order valence-corrected chi connectivity index (χ0v) is 15.4. The van der Waals surface area contributed by atoms with Crippen molar-refractivity contribution in [2.45, 2.75) is 33.4 Å². The molecule has 4 nitrogen and oxygen atoms in total. The highest BCUT2D eigenvalue weighted by molar-refractivity contribution is 7.09. The molecule has 1 aromatic carbocycles. The largest absolute Gasteiger partial charge is 0.340 e. The molecule has 5 heteroatoms. The molecule has 0 radical (unpaired) electrons. The number of hydrogen-bond acceptors (Lipinski definition) is 3. The summed E-state index contributed by atoms with van der Waals surface area (Å²) in [5.74, 6) is -0.263. The lowest BCUT2D eigenvalue weighted by molar-refractivity contribution is -0.133. The Morgan fingerprint density at radius 2 is 1.88 bits per heavy atom. The molecule has 128 valence electrons. The number of benzene rings is 1. The predicted octanol–water partition coefficient (Wildman–Crippen LogP) is 3.47. The summed E-state index contributed by atoms with van der Waals surface area (Å²) >= 11 is 1.62. The van der Waals surface area contributed by atoms with Gasteiger partial charge in [-0.25, -0.2) is 0 Å². The number of carbonyl (C=O) groups excluding carboxylic acids is 2. The summed E-state index contributed by atoms with van der Waals surface area (Å²) in [4.78, 5) is 28.1. The summed E-state index contributed by atoms with van der Waals surface area (Å²) in [6, 6.07) is 10.8. The summed E-state index contributed by atoms with van der Waals surface area (Å²) < 4.78 is 0. The number of nitrogens with zero attached hydrogens (tertiary/aromatic N) is 1. The molecule has 2 rings (SSSR count). The summed E-state index contributed by atoms with van der Waals surface area (Å²) in [6.07, 6.45) is 0. The van der Waals surface area contributed by atoms with Crippen molar-refractivity contribution in [1.82, 2.24) is 10.2 Å². The van der Waals surface area contributed by atoms with Crippen molar-refractivity contribution in [3.05, 3.63) is 57.8 Å². The summed E-state index contributed by atoms with van der Waals surface area (Å²) in [6.45, 7) is 6.34. The minimum atomic E-state index is -0.540. The Labute approximate surface area is 147 Å². The molecule has 0 saturated heterocycles. The fourth-order valence-corrected chi connectivity index (χ4v) is 3.27. The van der Waals surface area contributed by atoms with E-state index in [9.17, 15) is 9.59 Å². The fourth-order valence-electron chi connectivity index (χ4n) is 2.51. The summed E-state index contributed by atoms with van der Waals surface area (Å²) in [7, 11) is 1.78. The van der Waals surface area contributed by atoms with Crippen LogP contribution in [0.4, 0.5) is 0 Å². The van der Waals surface area contributed by atoms with Crippen molar-refractivity contribution in [1.29, 1.82) is 0 Å². The van der Waals surface area contributed by atoms with Crippen LogP contribution >= 0.6 is 11.3 Å². The molecule has 0 aliphatic heterocycles. The average Bonchev–Trinajstić information content (AvgIpc) is 3.04. The zero-order valence-electron chi connectivity index (χ0n) is 14.6. The van der Waals surface area contributed by atoms with Gasteiger partial charge in [0.2, 0.25) is 5.91 Å². The van der Waals surface area contributed by atoms with Gasteiger partial charge in [-0.3, -0.25) is 9.59 Å². The van der Waals surface area contributed by atoms with E-state index < -0.39 is 6.04 Å². The van der Waals surface area contributed by atoms with Crippen LogP contribution < -0.4 is 5.32 Å². The average molecular weight is 344 g/mol. The number of carbonyl (C=O) groups is 2. The third-order valence-corrected chi connectivity index (χ3v) is 4.82. The van der Waals surface area contributed by atoms with Gasteiger partial charge in [-0.1, -0.05) is 38.1 Å². The maximum atomic E-state index is 12.8. The Morgan fingerprint density at radius 1 is 1.17 bits per heavy atom. The van der Waals surface area contributed by atoms with E-state index in [0.29, 0.717) is 12.1 Å². The molecular formula is C19H24N2O2S. The van der Waals surface area contributed by atoms with Crippen LogP contribution in [-0.2, 0) is 11.3 Å². The predicted molar refractivity (Wildman–Crippen MR) is 98.1 cm³/mol. The molecule has 1 atom stereocenters. The topological polar surface area (TPSA) is 49.4 Å².